The standard InChI is InChI=1S/2C15H18N2O.C14H17N3O.CH4/c1-4-14-13-7-6-11(15(18)16-5-2)9-12(13)8-10(3)17-14;1-4-11-8-10(3)17-14-9-12(6-7-13(11)14)15(18)16-5-2;1-4-12-11-7-6-10(14(18)15-5-2)8-13(11)17-9(3)16-12;/h2*6-9H,4-5H2,1-3H3,(H,16,18);6-8H,4-5H2,1-3H3,(H,15,18);1H4. The average molecular weight is 744 g/mol. The van der Waals surface area contributed by atoms with Crippen molar-refractivity contribution in [2.24, 2.45) is 0 Å². The maximum atomic E-state index is 11.8. The maximum absolute atomic E-state index is 11.8. The highest BCUT2D eigenvalue weighted by atomic mass is 16.2. The summed E-state index contributed by atoms with van der Waals surface area (Å²) in [5.41, 5.74) is 9.14. The number of aromatic nitrogens is 4. The Balaban J connectivity index is 0.000000220. The van der Waals surface area contributed by atoms with Crippen molar-refractivity contribution in [3.8, 4) is 0 Å². The van der Waals surface area contributed by atoms with E-state index in [9.17, 15) is 14.4 Å². The summed E-state index contributed by atoms with van der Waals surface area (Å²) in [5, 5.41) is 12.8. The van der Waals surface area contributed by atoms with Gasteiger partial charge in [-0.15, -0.1) is 0 Å². The number of benzene rings is 3. The van der Waals surface area contributed by atoms with Gasteiger partial charge in [-0.1, -0.05) is 46.4 Å². The molecule has 6 rings (SSSR count). The summed E-state index contributed by atoms with van der Waals surface area (Å²) in [7, 11) is 0. The molecule has 10 nitrogen and oxygen atoms in total. The minimum absolute atomic E-state index is 0. The van der Waals surface area contributed by atoms with Gasteiger partial charge in [0.1, 0.15) is 5.82 Å². The van der Waals surface area contributed by atoms with Crippen molar-refractivity contribution in [3.63, 3.8) is 0 Å². The fraction of sp³-hybridized carbons (Fsp3) is 0.356. The Morgan fingerprint density at radius 3 is 1.45 bits per heavy atom. The van der Waals surface area contributed by atoms with Gasteiger partial charge in [-0.3, -0.25) is 24.4 Å². The Kier molecular flexibility index (Phi) is 16.4. The zero-order valence-electron chi connectivity index (χ0n) is 33.1. The molecule has 0 unspecified atom stereocenters. The number of fused-ring (bicyclic) bond motifs is 3. The summed E-state index contributed by atoms with van der Waals surface area (Å²) in [6.07, 6.45) is 2.74. The van der Waals surface area contributed by atoms with Crippen LogP contribution in [0.15, 0.2) is 66.7 Å². The van der Waals surface area contributed by atoms with Gasteiger partial charge in [0.05, 0.1) is 16.7 Å². The van der Waals surface area contributed by atoms with Crippen LogP contribution in [0.1, 0.15) is 114 Å². The van der Waals surface area contributed by atoms with Gasteiger partial charge in [-0.05, 0) is 120 Å². The molecule has 0 bridgehead atoms. The molecule has 290 valence electrons. The molecular formula is C45H57N7O3. The first-order chi connectivity index (χ1) is 26.0. The van der Waals surface area contributed by atoms with Crippen LogP contribution in [0.25, 0.3) is 32.6 Å². The Morgan fingerprint density at radius 2 is 0.945 bits per heavy atom. The van der Waals surface area contributed by atoms with Gasteiger partial charge >= 0.3 is 0 Å². The van der Waals surface area contributed by atoms with Crippen LogP contribution in [0.5, 0.6) is 0 Å². The Bertz CT molecular complexity index is 2030. The van der Waals surface area contributed by atoms with E-state index in [1.54, 1.807) is 0 Å². The predicted molar refractivity (Wildman–Crippen MR) is 226 cm³/mol. The summed E-state index contributed by atoms with van der Waals surface area (Å²) in [4.78, 5) is 53.2. The second-order valence-electron chi connectivity index (χ2n) is 12.9. The number of hydrogen-bond acceptors (Lipinski definition) is 7. The van der Waals surface area contributed by atoms with Crippen molar-refractivity contribution < 1.29 is 14.4 Å². The van der Waals surface area contributed by atoms with Crippen LogP contribution in [0.2, 0.25) is 0 Å². The molecule has 3 heterocycles. The summed E-state index contributed by atoms with van der Waals surface area (Å²) in [6, 6.07) is 21.2. The van der Waals surface area contributed by atoms with Gasteiger partial charge in [0.15, 0.2) is 0 Å². The van der Waals surface area contributed by atoms with Crippen LogP contribution in [-0.4, -0.2) is 57.3 Å². The lowest BCUT2D eigenvalue weighted by molar-refractivity contribution is 0.0947. The fourth-order valence-electron chi connectivity index (χ4n) is 6.29. The van der Waals surface area contributed by atoms with Crippen LogP contribution >= 0.6 is 0 Å². The quantitative estimate of drug-likeness (QED) is 0.135. The van der Waals surface area contributed by atoms with E-state index >= 15 is 0 Å². The van der Waals surface area contributed by atoms with E-state index in [0.717, 1.165) is 80.4 Å². The topological polar surface area (TPSA) is 139 Å². The molecule has 0 aliphatic heterocycles. The first kappa shape index (κ1) is 43.6. The van der Waals surface area contributed by atoms with E-state index < -0.39 is 0 Å². The molecule has 0 aliphatic rings. The molecule has 0 radical (unpaired) electrons. The van der Waals surface area contributed by atoms with Gasteiger partial charge in [0.2, 0.25) is 0 Å². The number of carbonyl (C=O) groups is 3. The van der Waals surface area contributed by atoms with E-state index in [0.29, 0.717) is 36.3 Å². The molecule has 55 heavy (non-hydrogen) atoms. The Hall–Kier alpha value is -5.77. The number of nitrogens with zero attached hydrogens (tertiary/aromatic N) is 4. The lowest BCUT2D eigenvalue weighted by Crippen LogP contribution is -2.22. The lowest BCUT2D eigenvalue weighted by Gasteiger charge is -2.08. The fourth-order valence-corrected chi connectivity index (χ4v) is 6.29. The molecule has 0 saturated heterocycles. The van der Waals surface area contributed by atoms with E-state index in [-0.39, 0.29) is 25.1 Å². The summed E-state index contributed by atoms with van der Waals surface area (Å²) in [6.45, 7) is 19.8. The first-order valence-electron chi connectivity index (χ1n) is 18.9. The van der Waals surface area contributed by atoms with Crippen LogP contribution in [0.3, 0.4) is 0 Å². The van der Waals surface area contributed by atoms with Crippen LogP contribution in [0, 0.1) is 20.8 Å². The summed E-state index contributed by atoms with van der Waals surface area (Å²) < 4.78 is 0. The van der Waals surface area contributed by atoms with E-state index in [1.807, 2.05) is 102 Å². The minimum atomic E-state index is -0.0614. The number of pyridine rings is 2. The second-order valence-corrected chi connectivity index (χ2v) is 12.9. The highest BCUT2D eigenvalue weighted by Gasteiger charge is 2.11. The molecular weight excluding hydrogens is 687 g/mol. The molecule has 3 amide bonds. The third kappa shape index (κ3) is 11.1. The number of nitrogens with one attached hydrogen (secondary N) is 3. The van der Waals surface area contributed by atoms with E-state index in [2.05, 4.69) is 62.7 Å². The van der Waals surface area contributed by atoms with Crippen molar-refractivity contribution in [2.75, 3.05) is 19.6 Å². The highest BCUT2D eigenvalue weighted by molar-refractivity contribution is 6.00. The monoisotopic (exact) mass is 743 g/mol. The van der Waals surface area contributed by atoms with E-state index in [4.69, 9.17) is 0 Å². The molecule has 3 aromatic heterocycles. The highest BCUT2D eigenvalue weighted by Crippen LogP contribution is 2.22. The zero-order chi connectivity index (χ0) is 39.4. The van der Waals surface area contributed by atoms with Gasteiger partial charge in [-0.25, -0.2) is 9.97 Å². The van der Waals surface area contributed by atoms with Crippen molar-refractivity contribution in [1.82, 2.24) is 35.9 Å². The molecule has 0 fully saturated rings. The van der Waals surface area contributed by atoms with Crippen molar-refractivity contribution in [1.29, 1.82) is 0 Å². The number of hydrogen-bond donors (Lipinski definition) is 3. The summed E-state index contributed by atoms with van der Waals surface area (Å²) in [5.74, 6) is 0.619. The minimum Gasteiger partial charge on any atom is -0.352 e. The number of amides is 3. The normalized spacial score (nSPS) is 10.4. The van der Waals surface area contributed by atoms with Crippen LogP contribution in [-0.2, 0) is 19.3 Å². The zero-order valence-corrected chi connectivity index (χ0v) is 33.1. The molecule has 0 spiro atoms. The Labute approximate surface area is 326 Å². The SMILES string of the molecule is C.CCNC(=O)c1ccc2c(CC)cc(C)nc2c1.CCNC(=O)c1ccc2c(CC)nc(C)cc2c1.CCNC(=O)c1ccc2c(CC)nc(C)nc2c1. The van der Waals surface area contributed by atoms with E-state index in [1.165, 1.54) is 5.56 Å². The molecule has 0 saturated carbocycles. The molecule has 3 aromatic carbocycles. The van der Waals surface area contributed by atoms with Crippen molar-refractivity contribution in [2.45, 2.75) is 89.0 Å². The smallest absolute Gasteiger partial charge is 0.251 e. The van der Waals surface area contributed by atoms with Gasteiger partial charge < -0.3 is 16.0 Å². The third-order valence-electron chi connectivity index (χ3n) is 8.80. The summed E-state index contributed by atoms with van der Waals surface area (Å²) >= 11 is 0. The van der Waals surface area contributed by atoms with Crippen LogP contribution in [0.4, 0.5) is 0 Å². The predicted octanol–water partition coefficient (Wildman–Crippen LogP) is 8.60. The number of carbonyl (C=O) groups excluding carboxylic acids is 3. The van der Waals surface area contributed by atoms with Gasteiger partial charge in [0, 0.05) is 69.6 Å². The molecule has 0 atom stereocenters. The van der Waals surface area contributed by atoms with Crippen LogP contribution < -0.4 is 16.0 Å². The molecule has 0 aliphatic carbocycles. The maximum Gasteiger partial charge on any atom is 0.251 e. The molecule has 3 N–H and O–H groups in total. The second kappa shape index (κ2) is 20.6. The largest absolute Gasteiger partial charge is 0.352 e. The van der Waals surface area contributed by atoms with Crippen molar-refractivity contribution >= 4 is 50.3 Å². The molecule has 6 aromatic rings. The Morgan fingerprint density at radius 1 is 0.491 bits per heavy atom. The third-order valence-corrected chi connectivity index (χ3v) is 8.80. The first-order valence-corrected chi connectivity index (χ1v) is 18.9. The average Bonchev–Trinajstić information content (AvgIpc) is 3.16. The van der Waals surface area contributed by atoms with Gasteiger partial charge in [-0.2, -0.15) is 0 Å². The number of aryl methyl sites for hydroxylation is 6. The van der Waals surface area contributed by atoms with Crippen molar-refractivity contribution in [3.05, 3.63) is 118 Å². The van der Waals surface area contributed by atoms with Gasteiger partial charge in [0.25, 0.3) is 17.7 Å². The molecule has 10 heteroatoms. The lowest BCUT2D eigenvalue weighted by atomic mass is 10.0. The number of rotatable bonds is 9.